The lowest BCUT2D eigenvalue weighted by Gasteiger charge is -2.32. The number of nitrogens with zero attached hydrogens (tertiary/aromatic N) is 6. The van der Waals surface area contributed by atoms with Gasteiger partial charge in [0.15, 0.2) is 11.3 Å². The summed E-state index contributed by atoms with van der Waals surface area (Å²) in [6, 6.07) is 6.18. The Morgan fingerprint density at radius 3 is 2.75 bits per heavy atom. The SMILES string of the molecule is CCN(C)C(=O)c1ncn2c(C3CCN(Cc4cccnc4)CC3)ccnc12. The molecule has 4 rings (SSSR count). The number of fused-ring (bicyclic) bond motifs is 1. The first-order valence-corrected chi connectivity index (χ1v) is 9.86. The van der Waals surface area contributed by atoms with Crippen LogP contribution in [0.3, 0.4) is 0 Å². The lowest BCUT2D eigenvalue weighted by atomic mass is 9.93. The summed E-state index contributed by atoms with van der Waals surface area (Å²) in [4.78, 5) is 29.7. The van der Waals surface area contributed by atoms with Crippen LogP contribution in [0.1, 0.15) is 47.4 Å². The number of rotatable bonds is 5. The van der Waals surface area contributed by atoms with Gasteiger partial charge >= 0.3 is 0 Å². The Morgan fingerprint density at radius 1 is 1.21 bits per heavy atom. The molecule has 1 aliphatic heterocycles. The van der Waals surface area contributed by atoms with E-state index in [1.165, 1.54) is 11.3 Å². The van der Waals surface area contributed by atoms with Crippen molar-refractivity contribution in [2.45, 2.75) is 32.2 Å². The van der Waals surface area contributed by atoms with E-state index < -0.39 is 0 Å². The molecule has 0 aliphatic carbocycles. The molecule has 146 valence electrons. The molecule has 1 amide bonds. The molecule has 4 heterocycles. The number of likely N-dealkylation sites (tertiary alicyclic amines) is 1. The molecule has 0 N–H and O–H groups in total. The molecule has 0 saturated carbocycles. The van der Waals surface area contributed by atoms with Crippen LogP contribution in [-0.4, -0.2) is 61.7 Å². The Labute approximate surface area is 165 Å². The molecule has 0 atom stereocenters. The maximum absolute atomic E-state index is 12.6. The molecule has 3 aromatic heterocycles. The fraction of sp³-hybridized carbons (Fsp3) is 0.429. The van der Waals surface area contributed by atoms with Gasteiger partial charge < -0.3 is 4.90 Å². The van der Waals surface area contributed by atoms with Gasteiger partial charge in [0.05, 0.1) is 0 Å². The third-order valence-corrected chi connectivity index (χ3v) is 5.62. The topological polar surface area (TPSA) is 66.6 Å². The lowest BCUT2D eigenvalue weighted by molar-refractivity contribution is 0.0799. The van der Waals surface area contributed by atoms with Gasteiger partial charge in [-0.05, 0) is 50.6 Å². The van der Waals surface area contributed by atoms with E-state index in [9.17, 15) is 4.79 Å². The van der Waals surface area contributed by atoms with Crippen LogP contribution in [0.2, 0.25) is 0 Å². The summed E-state index contributed by atoms with van der Waals surface area (Å²) in [5.74, 6) is 0.359. The largest absolute Gasteiger partial charge is 0.341 e. The van der Waals surface area contributed by atoms with Crippen molar-refractivity contribution >= 4 is 11.6 Å². The number of carbonyl (C=O) groups is 1. The van der Waals surface area contributed by atoms with Crippen LogP contribution >= 0.6 is 0 Å². The number of hydrogen-bond donors (Lipinski definition) is 0. The summed E-state index contributed by atoms with van der Waals surface area (Å²) in [5.41, 5.74) is 3.53. The number of imidazole rings is 1. The summed E-state index contributed by atoms with van der Waals surface area (Å²) >= 11 is 0. The molecule has 0 spiro atoms. The predicted molar refractivity (Wildman–Crippen MR) is 107 cm³/mol. The molecule has 3 aromatic rings. The number of carbonyl (C=O) groups excluding carboxylic acids is 1. The summed E-state index contributed by atoms with van der Waals surface area (Å²) in [7, 11) is 1.79. The van der Waals surface area contributed by atoms with Crippen molar-refractivity contribution in [3.8, 4) is 0 Å². The zero-order chi connectivity index (χ0) is 19.5. The molecule has 0 unspecified atom stereocenters. The van der Waals surface area contributed by atoms with Crippen LogP contribution in [0.4, 0.5) is 0 Å². The van der Waals surface area contributed by atoms with E-state index in [0.29, 0.717) is 23.8 Å². The van der Waals surface area contributed by atoms with Crippen LogP contribution in [0, 0.1) is 0 Å². The highest BCUT2D eigenvalue weighted by molar-refractivity contribution is 5.97. The van der Waals surface area contributed by atoms with Crippen LogP contribution in [0.5, 0.6) is 0 Å². The standard InChI is InChI=1S/C21H26N6O/c1-3-25(2)21(28)19-20-23-10-6-18(27(20)15-24-19)17-7-11-26(12-8-17)14-16-5-4-9-22-13-16/h4-6,9-10,13,15,17H,3,7-8,11-12,14H2,1-2H3. The van der Waals surface area contributed by atoms with E-state index in [-0.39, 0.29) is 5.91 Å². The van der Waals surface area contributed by atoms with Crippen molar-refractivity contribution in [3.63, 3.8) is 0 Å². The second-order valence-corrected chi connectivity index (χ2v) is 7.39. The van der Waals surface area contributed by atoms with Crippen LogP contribution in [-0.2, 0) is 6.54 Å². The molecule has 1 aliphatic rings. The minimum Gasteiger partial charge on any atom is -0.341 e. The molecular formula is C21H26N6O. The lowest BCUT2D eigenvalue weighted by Crippen LogP contribution is -2.33. The van der Waals surface area contributed by atoms with E-state index in [1.807, 2.05) is 29.8 Å². The minimum absolute atomic E-state index is 0.0825. The molecule has 0 radical (unpaired) electrons. The molecule has 28 heavy (non-hydrogen) atoms. The zero-order valence-corrected chi connectivity index (χ0v) is 16.5. The smallest absolute Gasteiger partial charge is 0.276 e. The van der Waals surface area contributed by atoms with Gasteiger partial charge in [0, 0.05) is 50.3 Å². The van der Waals surface area contributed by atoms with Gasteiger partial charge in [0.25, 0.3) is 5.91 Å². The summed E-state index contributed by atoms with van der Waals surface area (Å²) in [6.45, 7) is 5.63. The Bertz CT molecular complexity index is 946. The number of piperidine rings is 1. The van der Waals surface area contributed by atoms with E-state index >= 15 is 0 Å². The van der Waals surface area contributed by atoms with Crippen molar-refractivity contribution in [1.82, 2.24) is 29.2 Å². The van der Waals surface area contributed by atoms with Gasteiger partial charge in [-0.2, -0.15) is 0 Å². The first-order chi connectivity index (χ1) is 13.7. The fourth-order valence-corrected chi connectivity index (χ4v) is 3.86. The Kier molecular flexibility index (Phi) is 5.34. The first kappa shape index (κ1) is 18.6. The third-order valence-electron chi connectivity index (χ3n) is 5.62. The molecule has 7 heteroatoms. The number of pyridine rings is 1. The molecule has 7 nitrogen and oxygen atoms in total. The Hall–Kier alpha value is -2.80. The van der Waals surface area contributed by atoms with Gasteiger partial charge in [-0.15, -0.1) is 0 Å². The second-order valence-electron chi connectivity index (χ2n) is 7.39. The molecule has 1 saturated heterocycles. The highest BCUT2D eigenvalue weighted by atomic mass is 16.2. The highest BCUT2D eigenvalue weighted by Crippen LogP contribution is 2.29. The third kappa shape index (κ3) is 3.62. The minimum atomic E-state index is -0.0825. The Balaban J connectivity index is 1.49. The maximum Gasteiger partial charge on any atom is 0.276 e. The van der Waals surface area contributed by atoms with Crippen molar-refractivity contribution < 1.29 is 4.79 Å². The average molecular weight is 378 g/mol. The van der Waals surface area contributed by atoms with Crippen LogP contribution < -0.4 is 0 Å². The van der Waals surface area contributed by atoms with Crippen molar-refractivity contribution in [2.75, 3.05) is 26.7 Å². The van der Waals surface area contributed by atoms with Gasteiger partial charge in [-0.3, -0.25) is 19.1 Å². The normalized spacial score (nSPS) is 15.8. The van der Waals surface area contributed by atoms with Gasteiger partial charge in [0.2, 0.25) is 0 Å². The van der Waals surface area contributed by atoms with Gasteiger partial charge in [-0.25, -0.2) is 9.97 Å². The van der Waals surface area contributed by atoms with Gasteiger partial charge in [-0.1, -0.05) is 6.07 Å². The first-order valence-electron chi connectivity index (χ1n) is 9.86. The van der Waals surface area contributed by atoms with E-state index in [2.05, 4.69) is 32.0 Å². The maximum atomic E-state index is 12.6. The van der Waals surface area contributed by atoms with E-state index in [4.69, 9.17) is 0 Å². The van der Waals surface area contributed by atoms with Crippen molar-refractivity contribution in [1.29, 1.82) is 0 Å². The van der Waals surface area contributed by atoms with E-state index in [0.717, 1.165) is 32.5 Å². The summed E-state index contributed by atoms with van der Waals surface area (Å²) < 4.78 is 2.00. The average Bonchev–Trinajstić information content (AvgIpc) is 3.18. The number of amides is 1. The quantitative estimate of drug-likeness (QED) is 0.683. The second kappa shape index (κ2) is 8.06. The highest BCUT2D eigenvalue weighted by Gasteiger charge is 2.25. The number of aromatic nitrogens is 4. The molecule has 1 fully saturated rings. The fourth-order valence-electron chi connectivity index (χ4n) is 3.86. The van der Waals surface area contributed by atoms with Crippen LogP contribution in [0.15, 0.2) is 43.1 Å². The van der Waals surface area contributed by atoms with E-state index in [1.54, 1.807) is 24.5 Å². The predicted octanol–water partition coefficient (Wildman–Crippen LogP) is 2.60. The number of hydrogen-bond acceptors (Lipinski definition) is 5. The monoisotopic (exact) mass is 378 g/mol. The van der Waals surface area contributed by atoms with Crippen molar-refractivity contribution in [3.05, 3.63) is 60.1 Å². The van der Waals surface area contributed by atoms with Crippen molar-refractivity contribution in [2.24, 2.45) is 0 Å². The summed E-state index contributed by atoms with van der Waals surface area (Å²) in [6.07, 6.45) is 9.46. The summed E-state index contributed by atoms with van der Waals surface area (Å²) in [5, 5.41) is 0. The zero-order valence-electron chi connectivity index (χ0n) is 16.5. The van der Waals surface area contributed by atoms with Gasteiger partial charge in [0.1, 0.15) is 6.33 Å². The Morgan fingerprint density at radius 2 is 2.04 bits per heavy atom. The van der Waals surface area contributed by atoms with Crippen LogP contribution in [0.25, 0.3) is 5.65 Å². The molecule has 0 bridgehead atoms. The molecular weight excluding hydrogens is 352 g/mol. The molecule has 0 aromatic carbocycles.